The number of rotatable bonds is 4. The number of para-hydroxylation sites is 1. The summed E-state index contributed by atoms with van der Waals surface area (Å²) >= 11 is 0. The van der Waals surface area contributed by atoms with Gasteiger partial charge in [0.2, 0.25) is 5.91 Å². The molecule has 2 heterocycles. The highest BCUT2D eigenvalue weighted by atomic mass is 35.5. The molecule has 1 saturated heterocycles. The van der Waals surface area contributed by atoms with Crippen LogP contribution in [0.4, 0.5) is 0 Å². The first-order valence-corrected chi connectivity index (χ1v) is 8.56. The summed E-state index contributed by atoms with van der Waals surface area (Å²) in [6, 6.07) is 8.24. The lowest BCUT2D eigenvalue weighted by molar-refractivity contribution is -0.134. The van der Waals surface area contributed by atoms with Crippen LogP contribution in [0.2, 0.25) is 0 Å². The lowest BCUT2D eigenvalue weighted by atomic mass is 10.1. The van der Waals surface area contributed by atoms with Crippen LogP contribution < -0.4 is 5.32 Å². The SMILES string of the molecule is Cc1ccccc1-n1nc(C)c(CN(C)C(=O)C2CCNC2)c1C.Cl. The fraction of sp³-hybridized carbons (Fsp3) is 0.474. The van der Waals surface area contributed by atoms with Crippen molar-refractivity contribution in [1.29, 1.82) is 0 Å². The van der Waals surface area contributed by atoms with E-state index in [0.29, 0.717) is 6.54 Å². The minimum atomic E-state index is 0. The van der Waals surface area contributed by atoms with Gasteiger partial charge in [-0.15, -0.1) is 12.4 Å². The summed E-state index contributed by atoms with van der Waals surface area (Å²) in [5.41, 5.74) is 5.51. The first-order chi connectivity index (χ1) is 11.5. The average molecular weight is 363 g/mol. The molecule has 1 amide bonds. The van der Waals surface area contributed by atoms with Gasteiger partial charge in [-0.2, -0.15) is 5.10 Å². The van der Waals surface area contributed by atoms with E-state index in [1.807, 2.05) is 35.7 Å². The van der Waals surface area contributed by atoms with E-state index in [1.54, 1.807) is 0 Å². The predicted molar refractivity (Wildman–Crippen MR) is 102 cm³/mol. The molecule has 6 heteroatoms. The van der Waals surface area contributed by atoms with Gasteiger partial charge in [-0.25, -0.2) is 4.68 Å². The summed E-state index contributed by atoms with van der Waals surface area (Å²) in [4.78, 5) is 14.4. The zero-order valence-electron chi connectivity index (χ0n) is 15.4. The van der Waals surface area contributed by atoms with Gasteiger partial charge in [0.15, 0.2) is 0 Å². The molecule has 3 rings (SSSR count). The van der Waals surface area contributed by atoms with Crippen molar-refractivity contribution in [1.82, 2.24) is 20.0 Å². The number of nitrogens with one attached hydrogen (secondary N) is 1. The van der Waals surface area contributed by atoms with Crippen LogP contribution in [0.25, 0.3) is 5.69 Å². The molecule has 1 aromatic heterocycles. The molecule has 1 unspecified atom stereocenters. The van der Waals surface area contributed by atoms with E-state index in [-0.39, 0.29) is 24.2 Å². The fourth-order valence-corrected chi connectivity index (χ4v) is 3.43. The first kappa shape index (κ1) is 19.5. The number of aryl methyl sites for hydroxylation is 2. The van der Waals surface area contributed by atoms with Crippen LogP contribution in [-0.2, 0) is 11.3 Å². The van der Waals surface area contributed by atoms with Crippen LogP contribution in [0.1, 0.15) is 28.9 Å². The Morgan fingerprint density at radius 3 is 2.68 bits per heavy atom. The van der Waals surface area contributed by atoms with Crippen molar-refractivity contribution in [2.45, 2.75) is 33.7 Å². The van der Waals surface area contributed by atoms with Crippen molar-refractivity contribution in [3.05, 3.63) is 46.8 Å². The number of aromatic nitrogens is 2. The smallest absolute Gasteiger partial charge is 0.227 e. The van der Waals surface area contributed by atoms with Gasteiger partial charge in [-0.05, 0) is 45.4 Å². The number of carbonyl (C=O) groups is 1. The average Bonchev–Trinajstić information content (AvgIpc) is 3.19. The largest absolute Gasteiger partial charge is 0.341 e. The molecule has 5 nitrogen and oxygen atoms in total. The van der Waals surface area contributed by atoms with Gasteiger partial charge in [-0.3, -0.25) is 4.79 Å². The standard InChI is InChI=1S/C19H26N4O.ClH/c1-13-7-5-6-8-18(13)23-15(3)17(14(2)21-23)12-22(4)19(24)16-9-10-20-11-16;/h5-8,16,20H,9-12H2,1-4H3;1H. The maximum absolute atomic E-state index is 12.6. The van der Waals surface area contributed by atoms with E-state index in [0.717, 1.165) is 42.1 Å². The van der Waals surface area contributed by atoms with Crippen molar-refractivity contribution in [3.63, 3.8) is 0 Å². The maximum Gasteiger partial charge on any atom is 0.227 e. The van der Waals surface area contributed by atoms with E-state index in [9.17, 15) is 4.79 Å². The van der Waals surface area contributed by atoms with E-state index in [2.05, 4.69) is 31.3 Å². The Kier molecular flexibility index (Phi) is 6.25. The van der Waals surface area contributed by atoms with Crippen molar-refractivity contribution in [2.75, 3.05) is 20.1 Å². The summed E-state index contributed by atoms with van der Waals surface area (Å²) in [5.74, 6) is 0.337. The number of hydrogen-bond donors (Lipinski definition) is 1. The van der Waals surface area contributed by atoms with Crippen LogP contribution in [0.15, 0.2) is 24.3 Å². The highest BCUT2D eigenvalue weighted by molar-refractivity contribution is 5.85. The van der Waals surface area contributed by atoms with Crippen LogP contribution in [-0.4, -0.2) is 40.7 Å². The molecular formula is C19H27ClN4O. The molecule has 0 saturated carbocycles. The lowest BCUT2D eigenvalue weighted by Gasteiger charge is -2.21. The highest BCUT2D eigenvalue weighted by Crippen LogP contribution is 2.22. The van der Waals surface area contributed by atoms with Gasteiger partial charge in [-0.1, -0.05) is 18.2 Å². The zero-order valence-corrected chi connectivity index (χ0v) is 16.2. The molecule has 2 aromatic rings. The van der Waals surface area contributed by atoms with Crippen molar-refractivity contribution >= 4 is 18.3 Å². The van der Waals surface area contributed by atoms with Crippen molar-refractivity contribution < 1.29 is 4.79 Å². The topological polar surface area (TPSA) is 50.2 Å². The molecule has 1 aliphatic heterocycles. The molecule has 1 fully saturated rings. The molecule has 0 spiro atoms. The van der Waals surface area contributed by atoms with E-state index < -0.39 is 0 Å². The molecule has 1 aromatic carbocycles. The Bertz CT molecular complexity index is 750. The molecule has 1 aliphatic rings. The number of benzene rings is 1. The lowest BCUT2D eigenvalue weighted by Crippen LogP contribution is -2.33. The van der Waals surface area contributed by atoms with Gasteiger partial charge >= 0.3 is 0 Å². The quantitative estimate of drug-likeness (QED) is 0.909. The predicted octanol–water partition coefficient (Wildman–Crippen LogP) is 2.79. The second-order valence-corrected chi connectivity index (χ2v) is 6.73. The molecule has 1 N–H and O–H groups in total. The number of carbonyl (C=O) groups excluding carboxylic acids is 1. The molecule has 0 bridgehead atoms. The first-order valence-electron chi connectivity index (χ1n) is 8.56. The fourth-order valence-electron chi connectivity index (χ4n) is 3.43. The summed E-state index contributed by atoms with van der Waals surface area (Å²) in [7, 11) is 1.89. The minimum Gasteiger partial charge on any atom is -0.341 e. The Hall–Kier alpha value is -1.85. The van der Waals surface area contributed by atoms with Crippen molar-refractivity contribution in [3.8, 4) is 5.69 Å². The Morgan fingerprint density at radius 2 is 2.04 bits per heavy atom. The molecular weight excluding hydrogens is 336 g/mol. The normalized spacial score (nSPS) is 16.6. The number of amides is 1. The minimum absolute atomic E-state index is 0. The molecule has 1 atom stereocenters. The summed E-state index contributed by atoms with van der Waals surface area (Å²) in [6.07, 6.45) is 0.934. The summed E-state index contributed by atoms with van der Waals surface area (Å²) < 4.78 is 2.00. The van der Waals surface area contributed by atoms with E-state index in [4.69, 9.17) is 5.10 Å². The van der Waals surface area contributed by atoms with Crippen molar-refractivity contribution in [2.24, 2.45) is 5.92 Å². The van der Waals surface area contributed by atoms with Gasteiger partial charge < -0.3 is 10.2 Å². The van der Waals surface area contributed by atoms with Gasteiger partial charge in [0.05, 0.1) is 17.3 Å². The number of hydrogen-bond acceptors (Lipinski definition) is 3. The molecule has 0 aliphatic carbocycles. The maximum atomic E-state index is 12.6. The Balaban J connectivity index is 0.00000225. The third-order valence-electron chi connectivity index (χ3n) is 4.97. The van der Waals surface area contributed by atoms with E-state index >= 15 is 0 Å². The van der Waals surface area contributed by atoms with E-state index in [1.165, 1.54) is 5.56 Å². The zero-order chi connectivity index (χ0) is 17.3. The summed E-state index contributed by atoms with van der Waals surface area (Å²) in [6.45, 7) is 8.54. The second-order valence-electron chi connectivity index (χ2n) is 6.73. The number of halogens is 1. The highest BCUT2D eigenvalue weighted by Gasteiger charge is 2.26. The summed E-state index contributed by atoms with van der Waals surface area (Å²) in [5, 5.41) is 7.98. The van der Waals surface area contributed by atoms with Gasteiger partial charge in [0.25, 0.3) is 0 Å². The Morgan fingerprint density at radius 1 is 1.32 bits per heavy atom. The van der Waals surface area contributed by atoms with Gasteiger partial charge in [0, 0.05) is 31.4 Å². The molecule has 0 radical (unpaired) electrons. The molecule has 25 heavy (non-hydrogen) atoms. The Labute approximate surface area is 155 Å². The third kappa shape index (κ3) is 3.88. The second kappa shape index (κ2) is 8.02. The van der Waals surface area contributed by atoms with Crippen LogP contribution >= 0.6 is 12.4 Å². The monoisotopic (exact) mass is 362 g/mol. The third-order valence-corrected chi connectivity index (χ3v) is 4.97. The van der Waals surface area contributed by atoms with Gasteiger partial charge in [0.1, 0.15) is 0 Å². The molecule has 136 valence electrons. The van der Waals surface area contributed by atoms with Crippen LogP contribution in [0.5, 0.6) is 0 Å². The van der Waals surface area contributed by atoms with Crippen LogP contribution in [0, 0.1) is 26.7 Å². The number of nitrogens with zero attached hydrogens (tertiary/aromatic N) is 3. The van der Waals surface area contributed by atoms with Crippen LogP contribution in [0.3, 0.4) is 0 Å².